The molecule has 508 valence electrons. The lowest BCUT2D eigenvalue weighted by molar-refractivity contribution is 0.660. The Hall–Kier alpha value is -12.3. The van der Waals surface area contributed by atoms with E-state index in [0.717, 1.165) is 34.1 Å². The molecule has 15 aromatic carbocycles. The van der Waals surface area contributed by atoms with Gasteiger partial charge in [0.1, 0.15) is 0 Å². The van der Waals surface area contributed by atoms with Gasteiger partial charge in [-0.1, -0.05) is 322 Å². The fourth-order valence-electron chi connectivity index (χ4n) is 17.0. The molecule has 19 rings (SSSR count). The van der Waals surface area contributed by atoms with Gasteiger partial charge in [0.05, 0.1) is 0 Å². The van der Waals surface area contributed by atoms with Crippen molar-refractivity contribution in [1.29, 1.82) is 0 Å². The fraction of sp³-hybridized carbons (Fsp3) is 0.118. The first kappa shape index (κ1) is 66.0. The molecule has 0 saturated carbocycles. The van der Waals surface area contributed by atoms with Crippen LogP contribution < -0.4 is 16.0 Å². The van der Waals surface area contributed by atoms with Gasteiger partial charge in [-0.2, -0.15) is 0 Å². The van der Waals surface area contributed by atoms with Crippen molar-refractivity contribution < 1.29 is 0 Å². The largest absolute Gasteiger partial charge is 0.356 e. The van der Waals surface area contributed by atoms with Gasteiger partial charge in [0, 0.05) is 55.8 Å². The van der Waals surface area contributed by atoms with E-state index in [9.17, 15) is 0 Å². The van der Waals surface area contributed by atoms with E-state index in [4.69, 9.17) is 0 Å². The standard InChI is InChI=1S/C36H31N.2C33H27N/c1-35(2)31-13-9-8-12-27(31)29-18-15-25(21-33(29)35)37-26-16-19-30-28-17-14-24(23-10-6-5-7-11-23)20-32(28)36(3,4)34(30)22-26;1-33(2)31-14-7-6-13-29(31)30-20-19-28(22-32(30)33)34-27-17-15-24(16-18-27)26-12-8-11-25(21-26)23-9-4-3-5-10-23;1-33(2)31-11-7-6-10-29(31)30-21-20-28(22-32(30)33)34-27-18-16-26(17-19-27)25-14-12-24(13-15-25)23-8-4-3-5-9-23/h5-22,37H,1-4H3;2*3-22,34H,1-2H3. The highest BCUT2D eigenvalue weighted by atomic mass is 14.9. The van der Waals surface area contributed by atoms with E-state index in [-0.39, 0.29) is 21.7 Å². The minimum atomic E-state index is -0.0608. The number of hydrogen-bond donors (Lipinski definition) is 3. The van der Waals surface area contributed by atoms with Crippen molar-refractivity contribution in [2.45, 2.75) is 77.0 Å². The smallest absolute Gasteiger partial charge is 0.0387 e. The minimum absolute atomic E-state index is 0.00163. The second-order valence-electron chi connectivity index (χ2n) is 30.7. The molecule has 105 heavy (non-hydrogen) atoms. The van der Waals surface area contributed by atoms with Crippen molar-refractivity contribution in [3.63, 3.8) is 0 Å². The van der Waals surface area contributed by atoms with Crippen LogP contribution >= 0.6 is 0 Å². The van der Waals surface area contributed by atoms with Crippen LogP contribution in [0.25, 0.3) is 100 Å². The molecule has 0 heterocycles. The van der Waals surface area contributed by atoms with Gasteiger partial charge >= 0.3 is 0 Å². The van der Waals surface area contributed by atoms with Crippen molar-refractivity contribution in [2.75, 3.05) is 16.0 Å². The first-order valence-electron chi connectivity index (χ1n) is 36.9. The molecule has 0 aliphatic heterocycles. The summed E-state index contributed by atoms with van der Waals surface area (Å²) in [6, 6.07) is 127. The second kappa shape index (κ2) is 26.5. The van der Waals surface area contributed by atoms with Gasteiger partial charge in [-0.15, -0.1) is 0 Å². The molecule has 4 aliphatic rings. The van der Waals surface area contributed by atoms with Gasteiger partial charge < -0.3 is 16.0 Å². The molecule has 3 N–H and O–H groups in total. The van der Waals surface area contributed by atoms with Gasteiger partial charge in [-0.25, -0.2) is 0 Å². The maximum atomic E-state index is 3.73. The highest BCUT2D eigenvalue weighted by Gasteiger charge is 2.39. The van der Waals surface area contributed by atoms with Gasteiger partial charge in [-0.3, -0.25) is 0 Å². The third-order valence-corrected chi connectivity index (χ3v) is 22.8. The van der Waals surface area contributed by atoms with E-state index in [1.165, 1.54) is 145 Å². The van der Waals surface area contributed by atoms with E-state index in [1.807, 2.05) is 0 Å². The molecule has 0 aromatic heterocycles. The van der Waals surface area contributed by atoms with Crippen LogP contribution in [-0.4, -0.2) is 0 Å². The van der Waals surface area contributed by atoms with E-state index < -0.39 is 0 Å². The Morgan fingerprint density at radius 1 is 0.143 bits per heavy atom. The Kier molecular flexibility index (Phi) is 16.7. The van der Waals surface area contributed by atoms with Gasteiger partial charge in [0.2, 0.25) is 0 Å². The molecule has 3 nitrogen and oxygen atoms in total. The summed E-state index contributed by atoms with van der Waals surface area (Å²) in [4.78, 5) is 0. The van der Waals surface area contributed by atoms with Crippen molar-refractivity contribution in [3.05, 3.63) is 396 Å². The second-order valence-corrected chi connectivity index (χ2v) is 30.7. The Balaban J connectivity index is 0.000000116. The van der Waals surface area contributed by atoms with Crippen LogP contribution in [0.2, 0.25) is 0 Å². The van der Waals surface area contributed by atoms with Crippen LogP contribution in [0.5, 0.6) is 0 Å². The highest BCUT2D eigenvalue weighted by molar-refractivity contribution is 5.89. The topological polar surface area (TPSA) is 36.1 Å². The van der Waals surface area contributed by atoms with E-state index in [1.54, 1.807) is 0 Å². The minimum Gasteiger partial charge on any atom is -0.356 e. The summed E-state index contributed by atoms with van der Waals surface area (Å²) in [5, 5.41) is 11.0. The first-order valence-corrected chi connectivity index (χ1v) is 36.9. The summed E-state index contributed by atoms with van der Waals surface area (Å²) in [5.74, 6) is 0. The summed E-state index contributed by atoms with van der Waals surface area (Å²) >= 11 is 0. The Morgan fingerprint density at radius 3 is 0.686 bits per heavy atom. The predicted molar refractivity (Wildman–Crippen MR) is 446 cm³/mol. The molecule has 3 heteroatoms. The molecule has 0 unspecified atom stereocenters. The molecular formula is C102H85N3. The normalized spacial score (nSPS) is 14.0. The Labute approximate surface area is 619 Å². The van der Waals surface area contributed by atoms with Gasteiger partial charge in [0.25, 0.3) is 0 Å². The van der Waals surface area contributed by atoms with Gasteiger partial charge in [0.15, 0.2) is 0 Å². The number of hydrogen-bond acceptors (Lipinski definition) is 3. The molecule has 15 aromatic rings. The lowest BCUT2D eigenvalue weighted by Gasteiger charge is -2.23. The lowest BCUT2D eigenvalue weighted by atomic mass is 9.81. The van der Waals surface area contributed by atoms with Crippen LogP contribution in [0.1, 0.15) is 99.9 Å². The molecule has 0 radical (unpaired) electrons. The maximum absolute atomic E-state index is 3.73. The molecule has 0 fully saturated rings. The average Bonchev–Trinajstić information content (AvgIpc) is 1.59. The quantitative estimate of drug-likeness (QED) is 0.121. The van der Waals surface area contributed by atoms with Crippen LogP contribution in [0.4, 0.5) is 34.1 Å². The molecule has 0 amide bonds. The van der Waals surface area contributed by atoms with Crippen LogP contribution in [0.15, 0.2) is 352 Å². The molecule has 0 saturated heterocycles. The molecule has 4 aliphatic carbocycles. The zero-order chi connectivity index (χ0) is 71.6. The average molecular weight is 1350 g/mol. The summed E-state index contributed by atoms with van der Waals surface area (Å²) in [6.45, 7) is 18.6. The van der Waals surface area contributed by atoms with Crippen LogP contribution in [-0.2, 0) is 21.7 Å². The molecular weight excluding hydrogens is 1270 g/mol. The summed E-state index contributed by atoms with van der Waals surface area (Å²) in [5.41, 5.74) is 41.0. The first-order chi connectivity index (χ1) is 51.0. The van der Waals surface area contributed by atoms with E-state index >= 15 is 0 Å². The molecule has 0 spiro atoms. The lowest BCUT2D eigenvalue weighted by Crippen LogP contribution is -2.15. The van der Waals surface area contributed by atoms with Crippen molar-refractivity contribution in [1.82, 2.24) is 0 Å². The van der Waals surface area contributed by atoms with Gasteiger partial charge in [-0.05, 0) is 230 Å². The fourth-order valence-corrected chi connectivity index (χ4v) is 17.0. The highest BCUT2D eigenvalue weighted by Crippen LogP contribution is 2.54. The summed E-state index contributed by atoms with van der Waals surface area (Å²) < 4.78 is 0. The molecule has 0 atom stereocenters. The van der Waals surface area contributed by atoms with Crippen molar-refractivity contribution in [2.24, 2.45) is 0 Å². The molecule has 0 bridgehead atoms. The zero-order valence-corrected chi connectivity index (χ0v) is 61.0. The summed E-state index contributed by atoms with van der Waals surface area (Å²) in [6.07, 6.45) is 0. The number of benzene rings is 15. The Morgan fingerprint density at radius 2 is 0.343 bits per heavy atom. The maximum Gasteiger partial charge on any atom is 0.0387 e. The number of nitrogens with one attached hydrogen (secondary N) is 3. The Bertz CT molecular complexity index is 5760. The monoisotopic (exact) mass is 1350 g/mol. The predicted octanol–water partition coefficient (Wildman–Crippen LogP) is 27.9. The van der Waals surface area contributed by atoms with Crippen molar-refractivity contribution >= 4 is 34.1 Å². The number of anilines is 6. The van der Waals surface area contributed by atoms with Crippen molar-refractivity contribution in [3.8, 4) is 100 Å². The van der Waals surface area contributed by atoms with Crippen LogP contribution in [0, 0.1) is 0 Å². The zero-order valence-electron chi connectivity index (χ0n) is 61.0. The summed E-state index contributed by atoms with van der Waals surface area (Å²) in [7, 11) is 0. The number of fused-ring (bicyclic) bond motifs is 12. The SMILES string of the molecule is CC1(C)c2ccccc2-c2ccc(Nc3ccc(-c4ccc(-c5ccccc5)cc4)cc3)cc21.CC1(C)c2ccccc2-c2ccc(Nc3ccc(-c4cccc(-c5ccccc5)c4)cc3)cc21.CC1(C)c2ccccc2-c2ccc(Nc3ccc4c(c3)C(C)(C)c3cc(-c5ccccc5)ccc3-4)cc21. The number of rotatable bonds is 11. The van der Waals surface area contributed by atoms with E-state index in [0.29, 0.717) is 0 Å². The van der Waals surface area contributed by atoms with Crippen LogP contribution in [0.3, 0.4) is 0 Å². The third kappa shape index (κ3) is 12.2. The third-order valence-electron chi connectivity index (χ3n) is 22.8. The van der Waals surface area contributed by atoms with E-state index in [2.05, 4.69) is 423 Å².